The fourth-order valence-corrected chi connectivity index (χ4v) is 2.37. The molecule has 0 aromatic carbocycles. The molecular formula is C11H17NO. The molecule has 0 saturated heterocycles. The first-order valence-electron chi connectivity index (χ1n) is 5.20. The van der Waals surface area contributed by atoms with E-state index in [0.717, 1.165) is 37.6 Å². The molecule has 0 bridgehead atoms. The predicted octanol–water partition coefficient (Wildman–Crippen LogP) is 1.72. The van der Waals surface area contributed by atoms with Gasteiger partial charge in [0.25, 0.3) is 0 Å². The van der Waals surface area contributed by atoms with Crippen LogP contribution in [0.4, 0.5) is 0 Å². The maximum absolute atomic E-state index is 11.5. The van der Waals surface area contributed by atoms with Gasteiger partial charge in [0.15, 0.2) is 0 Å². The number of nitrogens with one attached hydrogen (secondary N) is 1. The van der Waals surface area contributed by atoms with Crippen molar-refractivity contribution in [1.82, 2.24) is 5.32 Å². The zero-order chi connectivity index (χ0) is 9.26. The molecule has 2 fully saturated rings. The van der Waals surface area contributed by atoms with Gasteiger partial charge in [0.2, 0.25) is 5.91 Å². The van der Waals surface area contributed by atoms with Crippen LogP contribution in [0.2, 0.25) is 0 Å². The first-order chi connectivity index (χ1) is 6.31. The van der Waals surface area contributed by atoms with Crippen LogP contribution < -0.4 is 5.32 Å². The zero-order valence-electron chi connectivity index (χ0n) is 7.96. The Balaban J connectivity index is 1.68. The van der Waals surface area contributed by atoms with Crippen molar-refractivity contribution in [3.05, 3.63) is 12.7 Å². The maximum Gasteiger partial charge on any atom is 0.223 e. The highest BCUT2D eigenvalue weighted by molar-refractivity contribution is 5.79. The van der Waals surface area contributed by atoms with Crippen LogP contribution in [0.1, 0.15) is 25.7 Å². The number of hydrogen-bond donors (Lipinski definition) is 1. The largest absolute Gasteiger partial charge is 0.356 e. The lowest BCUT2D eigenvalue weighted by Gasteiger charge is -2.11. The molecule has 2 nitrogen and oxygen atoms in total. The van der Waals surface area contributed by atoms with Crippen LogP contribution in [0.3, 0.4) is 0 Å². The molecule has 2 unspecified atom stereocenters. The van der Waals surface area contributed by atoms with E-state index in [1.165, 1.54) is 6.42 Å². The summed E-state index contributed by atoms with van der Waals surface area (Å²) in [7, 11) is 0. The second-order valence-corrected chi connectivity index (χ2v) is 4.29. The Hall–Kier alpha value is -0.790. The average molecular weight is 179 g/mol. The van der Waals surface area contributed by atoms with Crippen molar-refractivity contribution < 1.29 is 4.79 Å². The SMILES string of the molecule is C=CCCNC(=O)C1CC2CC2C1. The third-order valence-corrected chi connectivity index (χ3v) is 3.26. The fourth-order valence-electron chi connectivity index (χ4n) is 2.37. The van der Waals surface area contributed by atoms with Gasteiger partial charge in [-0.25, -0.2) is 0 Å². The minimum atomic E-state index is 0.272. The topological polar surface area (TPSA) is 29.1 Å². The lowest BCUT2D eigenvalue weighted by atomic mass is 10.0. The van der Waals surface area contributed by atoms with Gasteiger partial charge in [-0.3, -0.25) is 4.79 Å². The summed E-state index contributed by atoms with van der Waals surface area (Å²) >= 11 is 0. The minimum Gasteiger partial charge on any atom is -0.356 e. The minimum absolute atomic E-state index is 0.272. The van der Waals surface area contributed by atoms with Crippen molar-refractivity contribution >= 4 is 5.91 Å². The quantitative estimate of drug-likeness (QED) is 0.517. The molecule has 0 heterocycles. The van der Waals surface area contributed by atoms with Crippen LogP contribution in [0.15, 0.2) is 12.7 Å². The smallest absolute Gasteiger partial charge is 0.223 e. The molecule has 72 valence electrons. The Labute approximate surface area is 79.4 Å². The lowest BCUT2D eigenvalue weighted by molar-refractivity contribution is -0.125. The molecule has 2 aliphatic carbocycles. The molecule has 2 atom stereocenters. The number of hydrogen-bond acceptors (Lipinski definition) is 1. The van der Waals surface area contributed by atoms with Gasteiger partial charge in [0.05, 0.1) is 0 Å². The molecule has 0 aromatic rings. The summed E-state index contributed by atoms with van der Waals surface area (Å²) in [5.74, 6) is 2.40. The van der Waals surface area contributed by atoms with Crippen LogP contribution in [-0.4, -0.2) is 12.5 Å². The van der Waals surface area contributed by atoms with E-state index >= 15 is 0 Å². The van der Waals surface area contributed by atoms with Gasteiger partial charge in [-0.1, -0.05) is 6.08 Å². The van der Waals surface area contributed by atoms with Crippen molar-refractivity contribution in [3.8, 4) is 0 Å². The van der Waals surface area contributed by atoms with Crippen molar-refractivity contribution in [2.75, 3.05) is 6.54 Å². The van der Waals surface area contributed by atoms with Gasteiger partial charge in [0, 0.05) is 12.5 Å². The monoisotopic (exact) mass is 179 g/mol. The second-order valence-electron chi connectivity index (χ2n) is 4.29. The number of carbonyl (C=O) groups excluding carboxylic acids is 1. The summed E-state index contributed by atoms with van der Waals surface area (Å²) in [6, 6.07) is 0. The van der Waals surface area contributed by atoms with Crippen LogP contribution in [0.5, 0.6) is 0 Å². The zero-order valence-corrected chi connectivity index (χ0v) is 7.96. The van der Waals surface area contributed by atoms with Crippen LogP contribution >= 0.6 is 0 Å². The lowest BCUT2D eigenvalue weighted by Crippen LogP contribution is -2.30. The van der Waals surface area contributed by atoms with Crippen molar-refractivity contribution in [1.29, 1.82) is 0 Å². The molecule has 13 heavy (non-hydrogen) atoms. The van der Waals surface area contributed by atoms with E-state index in [4.69, 9.17) is 0 Å². The molecule has 0 aliphatic heterocycles. The third kappa shape index (κ3) is 1.93. The Morgan fingerprint density at radius 1 is 1.38 bits per heavy atom. The van der Waals surface area contributed by atoms with Gasteiger partial charge < -0.3 is 5.32 Å². The summed E-state index contributed by atoms with van der Waals surface area (Å²) < 4.78 is 0. The average Bonchev–Trinajstić information content (AvgIpc) is 2.74. The van der Waals surface area contributed by atoms with Gasteiger partial charge >= 0.3 is 0 Å². The van der Waals surface area contributed by atoms with E-state index in [-0.39, 0.29) is 5.91 Å². The molecule has 0 aromatic heterocycles. The number of rotatable bonds is 4. The standard InChI is InChI=1S/C11H17NO/c1-2-3-4-12-11(13)10-6-8-5-9(8)7-10/h2,8-10H,1,3-7H2,(H,12,13). The summed E-state index contributed by atoms with van der Waals surface area (Å²) in [6.45, 7) is 4.38. The molecule has 2 aliphatic rings. The Kier molecular flexibility index (Phi) is 2.38. The maximum atomic E-state index is 11.5. The second kappa shape index (κ2) is 3.52. The molecule has 2 saturated carbocycles. The Bertz CT molecular complexity index is 214. The van der Waals surface area contributed by atoms with Gasteiger partial charge in [-0.05, 0) is 37.5 Å². The van der Waals surface area contributed by atoms with E-state index in [1.807, 2.05) is 6.08 Å². The predicted molar refractivity (Wildman–Crippen MR) is 52.1 cm³/mol. The van der Waals surface area contributed by atoms with Crippen molar-refractivity contribution in [2.45, 2.75) is 25.7 Å². The van der Waals surface area contributed by atoms with Crippen molar-refractivity contribution in [2.24, 2.45) is 17.8 Å². The first kappa shape index (κ1) is 8.79. The highest BCUT2D eigenvalue weighted by Crippen LogP contribution is 2.54. The van der Waals surface area contributed by atoms with Crippen LogP contribution in [0.25, 0.3) is 0 Å². The summed E-state index contributed by atoms with van der Waals surface area (Å²) in [5, 5.41) is 2.96. The van der Waals surface area contributed by atoms with E-state index in [1.54, 1.807) is 0 Å². The third-order valence-electron chi connectivity index (χ3n) is 3.26. The van der Waals surface area contributed by atoms with E-state index in [9.17, 15) is 4.79 Å². The molecule has 1 N–H and O–H groups in total. The summed E-state index contributed by atoms with van der Waals surface area (Å²) in [4.78, 5) is 11.5. The van der Waals surface area contributed by atoms with Gasteiger partial charge in [-0.2, -0.15) is 0 Å². The van der Waals surface area contributed by atoms with Crippen molar-refractivity contribution in [3.63, 3.8) is 0 Å². The van der Waals surface area contributed by atoms with E-state index in [2.05, 4.69) is 11.9 Å². The first-order valence-corrected chi connectivity index (χ1v) is 5.20. The Morgan fingerprint density at radius 3 is 2.69 bits per heavy atom. The van der Waals surface area contributed by atoms with Crippen LogP contribution in [0, 0.1) is 17.8 Å². The number of fused-ring (bicyclic) bond motifs is 1. The highest BCUT2D eigenvalue weighted by atomic mass is 16.1. The molecular weight excluding hydrogens is 162 g/mol. The normalized spacial score (nSPS) is 35.2. The number of carbonyl (C=O) groups is 1. The molecule has 1 amide bonds. The summed E-state index contributed by atoms with van der Waals surface area (Å²) in [6.07, 6.45) is 6.39. The Morgan fingerprint density at radius 2 is 2.08 bits per heavy atom. The summed E-state index contributed by atoms with van der Waals surface area (Å²) in [5.41, 5.74) is 0. The molecule has 0 spiro atoms. The van der Waals surface area contributed by atoms with E-state index in [0.29, 0.717) is 5.92 Å². The van der Waals surface area contributed by atoms with Gasteiger partial charge in [0.1, 0.15) is 0 Å². The number of amides is 1. The van der Waals surface area contributed by atoms with Crippen LogP contribution in [-0.2, 0) is 4.79 Å². The molecule has 0 radical (unpaired) electrons. The van der Waals surface area contributed by atoms with Gasteiger partial charge in [-0.15, -0.1) is 6.58 Å². The fraction of sp³-hybridized carbons (Fsp3) is 0.727. The van der Waals surface area contributed by atoms with E-state index < -0.39 is 0 Å². The highest BCUT2D eigenvalue weighted by Gasteiger charge is 2.47. The molecule has 2 rings (SSSR count). The molecule has 2 heteroatoms.